The summed E-state index contributed by atoms with van der Waals surface area (Å²) in [5, 5.41) is 5.01. The molecule has 1 aromatic heterocycles. The number of nitrogens with zero attached hydrogens (tertiary/aromatic N) is 1. The number of aryl methyl sites for hydroxylation is 2. The Labute approximate surface area is 170 Å². The van der Waals surface area contributed by atoms with Gasteiger partial charge in [-0.1, -0.05) is 12.1 Å². The molecule has 1 aliphatic heterocycles. The summed E-state index contributed by atoms with van der Waals surface area (Å²) >= 11 is 0. The van der Waals surface area contributed by atoms with Crippen LogP contribution in [-0.4, -0.2) is 43.7 Å². The number of rotatable bonds is 6. The van der Waals surface area contributed by atoms with Crippen molar-refractivity contribution in [3.05, 3.63) is 53.5 Å². The number of furan rings is 1. The first kappa shape index (κ1) is 21.1. The van der Waals surface area contributed by atoms with E-state index in [2.05, 4.69) is 10.6 Å². The van der Waals surface area contributed by atoms with Gasteiger partial charge in [-0.3, -0.25) is 9.59 Å². The van der Waals surface area contributed by atoms with E-state index in [1.807, 2.05) is 13.0 Å². The summed E-state index contributed by atoms with van der Waals surface area (Å²) < 4.78 is 32.8. The fourth-order valence-corrected chi connectivity index (χ4v) is 5.40. The van der Waals surface area contributed by atoms with Gasteiger partial charge in [-0.15, -0.1) is 0 Å². The van der Waals surface area contributed by atoms with Gasteiger partial charge in [0.25, 0.3) is 0 Å². The zero-order valence-corrected chi connectivity index (χ0v) is 17.3. The number of carbonyl (C=O) groups is 2. The minimum absolute atomic E-state index is 0.0805. The quantitative estimate of drug-likeness (QED) is 0.690. The van der Waals surface area contributed by atoms with Gasteiger partial charge < -0.3 is 15.1 Å². The first-order valence-electron chi connectivity index (χ1n) is 9.46. The van der Waals surface area contributed by atoms with Crippen molar-refractivity contribution in [1.29, 1.82) is 0 Å². The van der Waals surface area contributed by atoms with Gasteiger partial charge in [0.2, 0.25) is 10.0 Å². The van der Waals surface area contributed by atoms with Gasteiger partial charge in [-0.2, -0.15) is 4.31 Å². The van der Waals surface area contributed by atoms with Crippen LogP contribution in [0.4, 0.5) is 0 Å². The Morgan fingerprint density at radius 2 is 1.93 bits per heavy atom. The smallest absolute Gasteiger partial charge is 0.309 e. The lowest BCUT2D eigenvalue weighted by Crippen LogP contribution is -2.46. The van der Waals surface area contributed by atoms with Crippen LogP contribution in [0.25, 0.3) is 0 Å². The van der Waals surface area contributed by atoms with Crippen LogP contribution >= 0.6 is 0 Å². The van der Waals surface area contributed by atoms with E-state index in [0.717, 1.165) is 5.56 Å². The molecule has 2 heterocycles. The van der Waals surface area contributed by atoms with E-state index in [-0.39, 0.29) is 24.0 Å². The van der Waals surface area contributed by atoms with Crippen molar-refractivity contribution in [3.63, 3.8) is 0 Å². The van der Waals surface area contributed by atoms with Crippen molar-refractivity contribution in [2.45, 2.75) is 44.2 Å². The van der Waals surface area contributed by atoms with Crippen LogP contribution in [0.3, 0.4) is 0 Å². The molecule has 0 unspecified atom stereocenters. The van der Waals surface area contributed by atoms with Crippen molar-refractivity contribution >= 4 is 21.8 Å². The summed E-state index contributed by atoms with van der Waals surface area (Å²) in [6.07, 6.45) is 2.81. The summed E-state index contributed by atoms with van der Waals surface area (Å²) in [6.45, 7) is 4.19. The number of benzene rings is 1. The average molecular weight is 420 g/mol. The van der Waals surface area contributed by atoms with E-state index in [9.17, 15) is 18.0 Å². The predicted molar refractivity (Wildman–Crippen MR) is 106 cm³/mol. The van der Waals surface area contributed by atoms with Gasteiger partial charge in [0, 0.05) is 19.1 Å². The maximum atomic E-state index is 13.2. The van der Waals surface area contributed by atoms with Gasteiger partial charge in [-0.05, 0) is 56.0 Å². The van der Waals surface area contributed by atoms with Crippen LogP contribution in [0.2, 0.25) is 0 Å². The fourth-order valence-electron chi connectivity index (χ4n) is 3.39. The van der Waals surface area contributed by atoms with Crippen LogP contribution in [-0.2, 0) is 26.2 Å². The van der Waals surface area contributed by atoms with E-state index in [1.165, 1.54) is 10.6 Å². The van der Waals surface area contributed by atoms with E-state index >= 15 is 0 Å². The molecule has 9 heteroatoms. The molecule has 2 amide bonds. The Kier molecular flexibility index (Phi) is 6.39. The molecule has 0 bridgehead atoms. The first-order valence-corrected chi connectivity index (χ1v) is 10.9. The SMILES string of the molecule is Cc1ccc(C)c(S(=O)(=O)N2CCC[C@H]2CNC(=O)C(=O)NCc2ccco2)c1. The molecule has 1 saturated heterocycles. The van der Waals surface area contributed by atoms with Gasteiger partial charge in [-0.25, -0.2) is 8.42 Å². The highest BCUT2D eigenvalue weighted by Gasteiger charge is 2.36. The number of hydrogen-bond acceptors (Lipinski definition) is 5. The monoisotopic (exact) mass is 419 g/mol. The minimum Gasteiger partial charge on any atom is -0.467 e. The largest absolute Gasteiger partial charge is 0.467 e. The normalized spacial score (nSPS) is 17.2. The lowest BCUT2D eigenvalue weighted by Gasteiger charge is -2.25. The lowest BCUT2D eigenvalue weighted by atomic mass is 10.2. The molecular formula is C20H25N3O5S. The molecule has 2 N–H and O–H groups in total. The van der Waals surface area contributed by atoms with Crippen molar-refractivity contribution in [1.82, 2.24) is 14.9 Å². The number of amides is 2. The Bertz CT molecular complexity index is 986. The summed E-state index contributed by atoms with van der Waals surface area (Å²) in [7, 11) is -3.68. The van der Waals surface area contributed by atoms with Crippen LogP contribution in [0.1, 0.15) is 29.7 Å². The molecule has 0 radical (unpaired) electrons. The van der Waals surface area contributed by atoms with E-state index < -0.39 is 21.8 Å². The zero-order chi connectivity index (χ0) is 21.0. The van der Waals surface area contributed by atoms with Crippen LogP contribution in [0, 0.1) is 13.8 Å². The van der Waals surface area contributed by atoms with Crippen molar-refractivity contribution < 1.29 is 22.4 Å². The number of nitrogens with one attached hydrogen (secondary N) is 2. The predicted octanol–water partition coefficient (Wildman–Crippen LogP) is 1.48. The Balaban J connectivity index is 1.61. The molecular weight excluding hydrogens is 394 g/mol. The third-order valence-corrected chi connectivity index (χ3v) is 7.05. The summed E-state index contributed by atoms with van der Waals surface area (Å²) in [6, 6.07) is 8.32. The minimum atomic E-state index is -3.68. The van der Waals surface area contributed by atoms with Crippen LogP contribution in [0.5, 0.6) is 0 Å². The molecule has 3 rings (SSSR count). The molecule has 1 aromatic carbocycles. The molecule has 8 nitrogen and oxygen atoms in total. The zero-order valence-electron chi connectivity index (χ0n) is 16.5. The Hall–Kier alpha value is -2.65. The molecule has 1 fully saturated rings. The maximum Gasteiger partial charge on any atom is 0.309 e. The topological polar surface area (TPSA) is 109 Å². The van der Waals surface area contributed by atoms with Crippen molar-refractivity contribution in [3.8, 4) is 0 Å². The van der Waals surface area contributed by atoms with Crippen LogP contribution in [0.15, 0.2) is 45.9 Å². The van der Waals surface area contributed by atoms with E-state index in [1.54, 1.807) is 31.2 Å². The molecule has 156 valence electrons. The number of hydrogen-bond donors (Lipinski definition) is 2. The second-order valence-corrected chi connectivity index (χ2v) is 9.01. The highest BCUT2D eigenvalue weighted by atomic mass is 32.2. The maximum absolute atomic E-state index is 13.2. The van der Waals surface area contributed by atoms with Gasteiger partial charge in [0.15, 0.2) is 0 Å². The summed E-state index contributed by atoms with van der Waals surface area (Å²) in [4.78, 5) is 24.3. The standard InChI is InChI=1S/C20H25N3O5S/c1-14-7-8-15(2)18(11-14)29(26,27)23-9-3-5-16(23)12-21-19(24)20(25)22-13-17-6-4-10-28-17/h4,6-8,10-11,16H,3,5,9,12-13H2,1-2H3,(H,21,24)(H,22,25)/t16-/m0/s1. The highest BCUT2D eigenvalue weighted by molar-refractivity contribution is 7.89. The molecule has 1 atom stereocenters. The molecule has 0 aliphatic carbocycles. The van der Waals surface area contributed by atoms with E-state index in [4.69, 9.17) is 4.42 Å². The van der Waals surface area contributed by atoms with E-state index in [0.29, 0.717) is 30.7 Å². The van der Waals surface area contributed by atoms with Crippen molar-refractivity contribution in [2.24, 2.45) is 0 Å². The second-order valence-electron chi connectivity index (χ2n) is 7.15. The Morgan fingerprint density at radius 1 is 1.17 bits per heavy atom. The molecule has 1 aliphatic rings. The first-order chi connectivity index (χ1) is 13.8. The lowest BCUT2D eigenvalue weighted by molar-refractivity contribution is -0.139. The number of carbonyl (C=O) groups excluding carboxylic acids is 2. The average Bonchev–Trinajstić information content (AvgIpc) is 3.37. The highest BCUT2D eigenvalue weighted by Crippen LogP contribution is 2.28. The summed E-state index contributed by atoms with van der Waals surface area (Å²) in [5.74, 6) is -1.05. The number of sulfonamides is 1. The Morgan fingerprint density at radius 3 is 2.66 bits per heavy atom. The van der Waals surface area contributed by atoms with Gasteiger partial charge in [0.1, 0.15) is 5.76 Å². The van der Waals surface area contributed by atoms with Crippen LogP contribution < -0.4 is 10.6 Å². The second kappa shape index (κ2) is 8.79. The summed E-state index contributed by atoms with van der Waals surface area (Å²) in [5.41, 5.74) is 1.55. The molecule has 0 spiro atoms. The van der Waals surface area contributed by atoms with Crippen molar-refractivity contribution in [2.75, 3.05) is 13.1 Å². The van der Waals surface area contributed by atoms with Gasteiger partial charge >= 0.3 is 11.8 Å². The molecule has 0 saturated carbocycles. The van der Waals surface area contributed by atoms with Gasteiger partial charge in [0.05, 0.1) is 17.7 Å². The molecule has 29 heavy (non-hydrogen) atoms. The third-order valence-electron chi connectivity index (χ3n) is 4.96. The third kappa shape index (κ3) is 4.86. The molecule has 2 aromatic rings. The fraction of sp³-hybridized carbons (Fsp3) is 0.400.